The molecule has 4 aromatic rings. The standard InChI is InChI=1S/C20H15BrN2O5S2/c1-12-8-14(3-5-18(12)28-11-19(24)25)30(26,27)23-10-16(20-22-6-7-29-20)15-9-13(21)2-4-17(15)23/h2-10H,11H2,1H3,(H,24,25). The Kier molecular flexibility index (Phi) is 5.39. The normalized spacial score (nSPS) is 11.7. The van der Waals surface area contributed by atoms with Gasteiger partial charge in [-0.3, -0.25) is 0 Å². The molecule has 2 heterocycles. The highest BCUT2D eigenvalue weighted by molar-refractivity contribution is 9.10. The van der Waals surface area contributed by atoms with E-state index in [-0.39, 0.29) is 4.90 Å². The molecule has 0 saturated carbocycles. The van der Waals surface area contributed by atoms with Gasteiger partial charge in [-0.1, -0.05) is 15.9 Å². The van der Waals surface area contributed by atoms with Gasteiger partial charge in [-0.25, -0.2) is 22.2 Å². The minimum absolute atomic E-state index is 0.0770. The molecule has 10 heteroatoms. The second-order valence-electron chi connectivity index (χ2n) is 6.45. The van der Waals surface area contributed by atoms with E-state index >= 15 is 0 Å². The van der Waals surface area contributed by atoms with Crippen molar-refractivity contribution in [3.05, 3.63) is 64.2 Å². The van der Waals surface area contributed by atoms with E-state index in [2.05, 4.69) is 20.9 Å². The summed E-state index contributed by atoms with van der Waals surface area (Å²) in [6, 6.07) is 9.74. The zero-order chi connectivity index (χ0) is 21.5. The fourth-order valence-corrected chi connectivity index (χ4v) is 5.57. The molecule has 2 aromatic carbocycles. The van der Waals surface area contributed by atoms with E-state index in [1.54, 1.807) is 31.5 Å². The molecule has 0 aliphatic heterocycles. The molecule has 0 unspecified atom stereocenters. The SMILES string of the molecule is Cc1cc(S(=O)(=O)n2cc(-c3nccs3)c3cc(Br)ccc32)ccc1OCC(=O)O. The molecule has 2 aromatic heterocycles. The third kappa shape index (κ3) is 3.73. The predicted octanol–water partition coefficient (Wildman–Crippen LogP) is 4.54. The van der Waals surface area contributed by atoms with Gasteiger partial charge in [0.1, 0.15) is 10.8 Å². The number of nitrogens with zero attached hydrogens (tertiary/aromatic N) is 2. The Balaban J connectivity index is 1.84. The van der Waals surface area contributed by atoms with Crippen molar-refractivity contribution in [3.63, 3.8) is 0 Å². The first kappa shape index (κ1) is 20.6. The van der Waals surface area contributed by atoms with Crippen molar-refractivity contribution in [3.8, 4) is 16.3 Å². The van der Waals surface area contributed by atoms with Crippen LogP contribution in [0, 0.1) is 6.92 Å². The number of aliphatic carboxylic acids is 1. The van der Waals surface area contributed by atoms with Gasteiger partial charge in [0, 0.05) is 33.2 Å². The molecule has 0 spiro atoms. The molecule has 154 valence electrons. The second-order valence-corrected chi connectivity index (χ2v) is 10.1. The molecule has 0 radical (unpaired) electrons. The molecule has 0 aliphatic rings. The Morgan fingerprint density at radius 3 is 2.73 bits per heavy atom. The minimum atomic E-state index is -3.91. The number of ether oxygens (including phenoxy) is 1. The molecule has 0 atom stereocenters. The predicted molar refractivity (Wildman–Crippen MR) is 118 cm³/mol. The van der Waals surface area contributed by atoms with Crippen LogP contribution in [0.4, 0.5) is 0 Å². The maximum absolute atomic E-state index is 13.4. The molecule has 0 fully saturated rings. The summed E-state index contributed by atoms with van der Waals surface area (Å²) in [6.45, 7) is 1.17. The number of thiazole rings is 1. The van der Waals surface area contributed by atoms with Crippen LogP contribution in [0.3, 0.4) is 0 Å². The van der Waals surface area contributed by atoms with Gasteiger partial charge in [-0.2, -0.15) is 0 Å². The van der Waals surface area contributed by atoms with Crippen molar-refractivity contribution in [1.82, 2.24) is 8.96 Å². The lowest BCUT2D eigenvalue weighted by Crippen LogP contribution is -2.13. The van der Waals surface area contributed by atoms with E-state index in [0.29, 0.717) is 16.8 Å². The van der Waals surface area contributed by atoms with Crippen LogP contribution in [0.25, 0.3) is 21.5 Å². The van der Waals surface area contributed by atoms with Gasteiger partial charge < -0.3 is 9.84 Å². The maximum atomic E-state index is 13.4. The molecular weight excluding hydrogens is 492 g/mol. The smallest absolute Gasteiger partial charge is 0.341 e. The van der Waals surface area contributed by atoms with Gasteiger partial charge in [0.2, 0.25) is 0 Å². The maximum Gasteiger partial charge on any atom is 0.341 e. The summed E-state index contributed by atoms with van der Waals surface area (Å²) in [4.78, 5) is 15.1. The molecule has 7 nitrogen and oxygen atoms in total. The number of carboxylic acid groups (broad SMARTS) is 1. The molecule has 0 saturated heterocycles. The number of carboxylic acids is 1. The van der Waals surface area contributed by atoms with Crippen LogP contribution in [-0.2, 0) is 14.8 Å². The summed E-state index contributed by atoms with van der Waals surface area (Å²) in [5.74, 6) is -0.785. The van der Waals surface area contributed by atoms with Crippen molar-refractivity contribution in [2.75, 3.05) is 6.61 Å². The number of fused-ring (bicyclic) bond motifs is 1. The number of rotatable bonds is 6. The first-order chi connectivity index (χ1) is 14.3. The third-order valence-electron chi connectivity index (χ3n) is 4.45. The van der Waals surface area contributed by atoms with E-state index in [1.807, 2.05) is 11.4 Å². The molecule has 0 aliphatic carbocycles. The number of benzene rings is 2. The zero-order valence-corrected chi connectivity index (χ0v) is 18.8. The average Bonchev–Trinajstić information content (AvgIpc) is 3.34. The lowest BCUT2D eigenvalue weighted by Gasteiger charge is -2.11. The quantitative estimate of drug-likeness (QED) is 0.412. The highest BCUT2D eigenvalue weighted by Gasteiger charge is 2.23. The highest BCUT2D eigenvalue weighted by atomic mass is 79.9. The molecular formula is C20H15BrN2O5S2. The van der Waals surface area contributed by atoms with E-state index in [4.69, 9.17) is 9.84 Å². The van der Waals surface area contributed by atoms with Crippen LogP contribution in [0.15, 0.2) is 63.5 Å². The van der Waals surface area contributed by atoms with E-state index in [1.165, 1.54) is 33.5 Å². The summed E-state index contributed by atoms with van der Waals surface area (Å²) < 4.78 is 34.2. The van der Waals surface area contributed by atoms with Crippen LogP contribution < -0.4 is 4.74 Å². The topological polar surface area (TPSA) is 98.5 Å². The van der Waals surface area contributed by atoms with Gasteiger partial charge in [0.15, 0.2) is 6.61 Å². The van der Waals surface area contributed by atoms with E-state index < -0.39 is 22.6 Å². The fraction of sp³-hybridized carbons (Fsp3) is 0.100. The Bertz CT molecular complexity index is 1360. The average molecular weight is 507 g/mol. The van der Waals surface area contributed by atoms with Crippen LogP contribution in [0.2, 0.25) is 0 Å². The zero-order valence-electron chi connectivity index (χ0n) is 15.6. The first-order valence-electron chi connectivity index (χ1n) is 8.68. The van der Waals surface area contributed by atoms with Crippen LogP contribution in [0.5, 0.6) is 5.75 Å². The summed E-state index contributed by atoms with van der Waals surface area (Å²) in [5.41, 5.74) is 1.78. The summed E-state index contributed by atoms with van der Waals surface area (Å²) in [5, 5.41) is 12.1. The summed E-state index contributed by atoms with van der Waals surface area (Å²) >= 11 is 4.88. The monoisotopic (exact) mass is 506 g/mol. The Hall–Kier alpha value is -2.69. The van der Waals surface area contributed by atoms with Gasteiger partial charge >= 0.3 is 5.97 Å². The molecule has 0 bridgehead atoms. The Morgan fingerprint density at radius 2 is 2.07 bits per heavy atom. The van der Waals surface area contributed by atoms with E-state index in [0.717, 1.165) is 20.4 Å². The van der Waals surface area contributed by atoms with Crippen LogP contribution >= 0.6 is 27.3 Å². The number of carbonyl (C=O) groups is 1. The third-order valence-corrected chi connectivity index (χ3v) is 7.42. The Labute approximate surface area is 184 Å². The number of hydrogen-bond acceptors (Lipinski definition) is 6. The van der Waals surface area contributed by atoms with Crippen LogP contribution in [-0.4, -0.2) is 35.1 Å². The van der Waals surface area contributed by atoms with Gasteiger partial charge in [0.05, 0.1) is 10.4 Å². The van der Waals surface area contributed by atoms with Crippen molar-refractivity contribution in [2.24, 2.45) is 0 Å². The number of aromatic nitrogens is 2. The first-order valence-corrected chi connectivity index (χ1v) is 11.8. The highest BCUT2D eigenvalue weighted by Crippen LogP contribution is 2.36. The van der Waals surface area contributed by atoms with Crippen molar-refractivity contribution < 1.29 is 23.1 Å². The lowest BCUT2D eigenvalue weighted by atomic mass is 10.2. The number of halogens is 1. The van der Waals surface area contributed by atoms with Gasteiger partial charge in [0.25, 0.3) is 10.0 Å². The van der Waals surface area contributed by atoms with Gasteiger partial charge in [-0.15, -0.1) is 11.3 Å². The molecule has 0 amide bonds. The summed E-state index contributed by atoms with van der Waals surface area (Å²) in [7, 11) is -3.91. The number of hydrogen-bond donors (Lipinski definition) is 1. The largest absolute Gasteiger partial charge is 0.482 e. The van der Waals surface area contributed by atoms with E-state index in [9.17, 15) is 13.2 Å². The molecule has 1 N–H and O–H groups in total. The van der Waals surface area contributed by atoms with Crippen molar-refractivity contribution >= 4 is 54.2 Å². The van der Waals surface area contributed by atoms with Crippen LogP contribution in [0.1, 0.15) is 5.56 Å². The molecule has 4 rings (SSSR count). The van der Waals surface area contributed by atoms with Crippen molar-refractivity contribution in [1.29, 1.82) is 0 Å². The molecule has 30 heavy (non-hydrogen) atoms. The second kappa shape index (κ2) is 7.86. The number of aryl methyl sites for hydroxylation is 1. The Morgan fingerprint density at radius 1 is 1.27 bits per heavy atom. The van der Waals surface area contributed by atoms with Crippen molar-refractivity contribution in [2.45, 2.75) is 11.8 Å². The fourth-order valence-electron chi connectivity index (χ4n) is 3.10. The van der Waals surface area contributed by atoms with Gasteiger partial charge in [-0.05, 0) is 48.9 Å². The lowest BCUT2D eigenvalue weighted by molar-refractivity contribution is -0.139. The summed E-state index contributed by atoms with van der Waals surface area (Å²) in [6.07, 6.45) is 3.25. The minimum Gasteiger partial charge on any atom is -0.482 e.